The van der Waals surface area contributed by atoms with Crippen molar-refractivity contribution in [2.24, 2.45) is 0 Å². The van der Waals surface area contributed by atoms with E-state index >= 15 is 0 Å². The lowest BCUT2D eigenvalue weighted by molar-refractivity contribution is -0.0836. The van der Waals surface area contributed by atoms with Crippen LogP contribution in [0.15, 0.2) is 11.4 Å². The van der Waals surface area contributed by atoms with Crippen molar-refractivity contribution in [1.82, 2.24) is 5.32 Å². The molecule has 0 bridgehead atoms. The van der Waals surface area contributed by atoms with Gasteiger partial charge in [0.15, 0.2) is 0 Å². The lowest BCUT2D eigenvalue weighted by Gasteiger charge is -2.43. The van der Waals surface area contributed by atoms with E-state index in [0.29, 0.717) is 6.04 Å². The van der Waals surface area contributed by atoms with E-state index in [0.717, 1.165) is 13.0 Å². The number of nitrogens with one attached hydrogen (secondary N) is 1. The summed E-state index contributed by atoms with van der Waals surface area (Å²) in [5, 5.41) is 5.90. The zero-order valence-electron chi connectivity index (χ0n) is 11.8. The van der Waals surface area contributed by atoms with Gasteiger partial charge >= 0.3 is 0 Å². The summed E-state index contributed by atoms with van der Waals surface area (Å²) < 4.78 is 5.79. The third-order valence-electron chi connectivity index (χ3n) is 4.13. The molecule has 1 aliphatic carbocycles. The van der Waals surface area contributed by atoms with Crippen LogP contribution in [-0.2, 0) is 4.74 Å². The van der Waals surface area contributed by atoms with Crippen molar-refractivity contribution in [2.45, 2.75) is 57.6 Å². The summed E-state index contributed by atoms with van der Waals surface area (Å²) >= 11 is 1.88. The average molecular weight is 267 g/mol. The molecule has 0 saturated heterocycles. The van der Waals surface area contributed by atoms with Crippen molar-refractivity contribution < 1.29 is 4.74 Å². The number of hydrogen-bond donors (Lipinski definition) is 1. The van der Waals surface area contributed by atoms with Gasteiger partial charge in [0.05, 0.1) is 5.60 Å². The van der Waals surface area contributed by atoms with E-state index in [-0.39, 0.29) is 5.60 Å². The molecule has 0 amide bonds. The van der Waals surface area contributed by atoms with Crippen LogP contribution in [0.4, 0.5) is 0 Å². The smallest absolute Gasteiger partial charge is 0.0697 e. The van der Waals surface area contributed by atoms with Crippen molar-refractivity contribution in [3.05, 3.63) is 21.9 Å². The fraction of sp³-hybridized carbons (Fsp3) is 0.733. The summed E-state index contributed by atoms with van der Waals surface area (Å²) in [7, 11) is 1.87. The summed E-state index contributed by atoms with van der Waals surface area (Å²) in [6.07, 6.45) is 6.06. The first-order valence-corrected chi connectivity index (χ1v) is 7.91. The molecule has 0 aliphatic heterocycles. The van der Waals surface area contributed by atoms with Gasteiger partial charge in [0.25, 0.3) is 0 Å². The predicted molar refractivity (Wildman–Crippen MR) is 78.3 cm³/mol. The van der Waals surface area contributed by atoms with Crippen LogP contribution in [0.1, 0.15) is 55.5 Å². The maximum Gasteiger partial charge on any atom is 0.0697 e. The highest BCUT2D eigenvalue weighted by atomic mass is 32.1. The number of methoxy groups -OCH3 is 1. The zero-order valence-corrected chi connectivity index (χ0v) is 12.6. The summed E-state index contributed by atoms with van der Waals surface area (Å²) in [5.41, 5.74) is 1.56. The van der Waals surface area contributed by atoms with Crippen LogP contribution in [0.2, 0.25) is 0 Å². The summed E-state index contributed by atoms with van der Waals surface area (Å²) in [6.45, 7) is 5.52. The highest BCUT2D eigenvalue weighted by Crippen LogP contribution is 2.43. The van der Waals surface area contributed by atoms with Crippen LogP contribution in [-0.4, -0.2) is 19.3 Å². The van der Waals surface area contributed by atoms with Gasteiger partial charge in [-0.05, 0) is 62.6 Å². The van der Waals surface area contributed by atoms with Crippen LogP contribution in [0, 0.1) is 6.92 Å². The Morgan fingerprint density at radius 3 is 2.72 bits per heavy atom. The van der Waals surface area contributed by atoms with Gasteiger partial charge < -0.3 is 10.1 Å². The number of hydrogen-bond acceptors (Lipinski definition) is 3. The van der Waals surface area contributed by atoms with Gasteiger partial charge in [0.1, 0.15) is 0 Å². The molecule has 1 heterocycles. The van der Waals surface area contributed by atoms with Gasteiger partial charge in [0.2, 0.25) is 0 Å². The Labute approximate surface area is 115 Å². The van der Waals surface area contributed by atoms with E-state index in [1.54, 1.807) is 0 Å². The van der Waals surface area contributed by atoms with E-state index in [1.165, 1.54) is 36.1 Å². The number of rotatable bonds is 7. The fourth-order valence-corrected chi connectivity index (χ4v) is 3.76. The largest absolute Gasteiger partial charge is 0.378 e. The molecule has 1 aromatic heterocycles. The Kier molecular flexibility index (Phi) is 4.82. The van der Waals surface area contributed by atoms with Crippen molar-refractivity contribution in [3.63, 3.8) is 0 Å². The summed E-state index contributed by atoms with van der Waals surface area (Å²) in [5.74, 6) is 0. The third kappa shape index (κ3) is 2.95. The van der Waals surface area contributed by atoms with Crippen molar-refractivity contribution in [1.29, 1.82) is 0 Å². The van der Waals surface area contributed by atoms with Gasteiger partial charge in [-0.15, -0.1) is 11.3 Å². The molecule has 1 saturated carbocycles. The highest BCUT2D eigenvalue weighted by Gasteiger charge is 2.39. The fourth-order valence-electron chi connectivity index (χ4n) is 2.75. The molecule has 18 heavy (non-hydrogen) atoms. The van der Waals surface area contributed by atoms with Gasteiger partial charge in [0, 0.05) is 18.0 Å². The SMILES string of the molecule is CCCNC(CC1(OC)CCC1)c1sccc1C. The molecule has 1 aromatic rings. The molecular weight excluding hydrogens is 242 g/mol. The molecule has 1 N–H and O–H groups in total. The maximum absolute atomic E-state index is 5.79. The lowest BCUT2D eigenvalue weighted by Crippen LogP contribution is -2.43. The second-order valence-corrected chi connectivity index (χ2v) is 6.37. The molecule has 1 unspecified atom stereocenters. The summed E-state index contributed by atoms with van der Waals surface area (Å²) in [4.78, 5) is 1.49. The van der Waals surface area contributed by atoms with E-state index in [2.05, 4.69) is 30.6 Å². The predicted octanol–water partition coefficient (Wildman–Crippen LogP) is 4.06. The molecule has 3 heteroatoms. The zero-order chi connectivity index (χ0) is 13.0. The standard InChI is InChI=1S/C15H25NOS/c1-4-9-16-13(14-12(2)6-10-18-14)11-15(17-3)7-5-8-15/h6,10,13,16H,4-5,7-9,11H2,1-3H3. The van der Waals surface area contributed by atoms with Gasteiger partial charge in [-0.3, -0.25) is 0 Å². The van der Waals surface area contributed by atoms with Crippen LogP contribution in [0.5, 0.6) is 0 Å². The Hall–Kier alpha value is -0.380. The Morgan fingerprint density at radius 2 is 2.28 bits per heavy atom. The third-order valence-corrected chi connectivity index (χ3v) is 5.27. The topological polar surface area (TPSA) is 21.3 Å². The highest BCUT2D eigenvalue weighted by molar-refractivity contribution is 7.10. The van der Waals surface area contributed by atoms with Crippen molar-refractivity contribution in [3.8, 4) is 0 Å². The summed E-state index contributed by atoms with van der Waals surface area (Å²) in [6, 6.07) is 2.69. The second kappa shape index (κ2) is 6.18. The van der Waals surface area contributed by atoms with Crippen LogP contribution >= 0.6 is 11.3 Å². The van der Waals surface area contributed by atoms with Crippen LogP contribution in [0.3, 0.4) is 0 Å². The minimum Gasteiger partial charge on any atom is -0.378 e. The molecule has 2 nitrogen and oxygen atoms in total. The monoisotopic (exact) mass is 267 g/mol. The minimum absolute atomic E-state index is 0.141. The normalized spacial score (nSPS) is 19.5. The molecule has 1 aliphatic rings. The molecular formula is C15H25NOS. The second-order valence-electron chi connectivity index (χ2n) is 5.42. The molecule has 2 rings (SSSR count). The maximum atomic E-state index is 5.79. The first kappa shape index (κ1) is 14.0. The number of ether oxygens (including phenoxy) is 1. The molecule has 1 fully saturated rings. The Bertz CT molecular complexity index is 365. The molecule has 1 atom stereocenters. The molecule has 0 spiro atoms. The van der Waals surface area contributed by atoms with E-state index in [9.17, 15) is 0 Å². The average Bonchev–Trinajstić information content (AvgIpc) is 2.74. The quantitative estimate of drug-likeness (QED) is 0.804. The Balaban J connectivity index is 2.08. The van der Waals surface area contributed by atoms with Gasteiger partial charge in [-0.1, -0.05) is 6.92 Å². The first-order valence-electron chi connectivity index (χ1n) is 7.03. The number of thiophene rings is 1. The molecule has 0 radical (unpaired) electrons. The molecule has 102 valence electrons. The Morgan fingerprint density at radius 1 is 1.50 bits per heavy atom. The van der Waals surface area contributed by atoms with Gasteiger partial charge in [-0.25, -0.2) is 0 Å². The van der Waals surface area contributed by atoms with Crippen molar-refractivity contribution >= 4 is 11.3 Å². The lowest BCUT2D eigenvalue weighted by atomic mass is 9.75. The van der Waals surface area contributed by atoms with Crippen molar-refractivity contribution in [2.75, 3.05) is 13.7 Å². The number of aryl methyl sites for hydroxylation is 1. The van der Waals surface area contributed by atoms with Gasteiger partial charge in [-0.2, -0.15) is 0 Å². The van der Waals surface area contributed by atoms with Crippen LogP contribution < -0.4 is 5.32 Å². The van der Waals surface area contributed by atoms with E-state index < -0.39 is 0 Å². The first-order chi connectivity index (χ1) is 8.71. The minimum atomic E-state index is 0.141. The van der Waals surface area contributed by atoms with Crippen LogP contribution in [0.25, 0.3) is 0 Å². The molecule has 0 aromatic carbocycles. The van der Waals surface area contributed by atoms with E-state index in [4.69, 9.17) is 4.74 Å². The van der Waals surface area contributed by atoms with E-state index in [1.807, 2.05) is 18.4 Å².